The van der Waals surface area contributed by atoms with Crippen LogP contribution in [0.15, 0.2) is 24.3 Å². The number of benzene rings is 1. The van der Waals surface area contributed by atoms with Gasteiger partial charge in [0.25, 0.3) is 0 Å². The van der Waals surface area contributed by atoms with Gasteiger partial charge in [0.15, 0.2) is 0 Å². The van der Waals surface area contributed by atoms with Crippen molar-refractivity contribution in [3.05, 3.63) is 29.8 Å². The maximum Gasteiger partial charge on any atom is 0.236 e. The van der Waals surface area contributed by atoms with E-state index < -0.39 is 0 Å². The number of nitrogens with two attached hydrogens (primary N) is 1. The summed E-state index contributed by atoms with van der Waals surface area (Å²) in [5.74, 6) is -0.342. The molecule has 90 valence electrons. The standard InChI is InChI=1S/C13H17N3O/c1-2-3-8-16(10-13(15)17)12-6-4-11(9-14)5-7-12/h4-7H,2-3,8,10H2,1H3,(H2,15,17). The van der Waals surface area contributed by atoms with Gasteiger partial charge in [-0.05, 0) is 30.7 Å². The number of carbonyl (C=O) groups excluding carboxylic acids is 1. The van der Waals surface area contributed by atoms with E-state index in [9.17, 15) is 4.79 Å². The summed E-state index contributed by atoms with van der Waals surface area (Å²) in [4.78, 5) is 12.9. The molecule has 0 radical (unpaired) electrons. The van der Waals surface area contributed by atoms with Gasteiger partial charge in [0.1, 0.15) is 0 Å². The Morgan fingerprint density at radius 2 is 2.06 bits per heavy atom. The summed E-state index contributed by atoms with van der Waals surface area (Å²) >= 11 is 0. The van der Waals surface area contributed by atoms with Crippen LogP contribution in [0.4, 0.5) is 5.69 Å². The van der Waals surface area contributed by atoms with Crippen molar-refractivity contribution in [3.63, 3.8) is 0 Å². The summed E-state index contributed by atoms with van der Waals surface area (Å²) in [7, 11) is 0. The highest BCUT2D eigenvalue weighted by Gasteiger charge is 2.08. The third-order valence-corrected chi connectivity index (χ3v) is 2.49. The molecule has 0 aromatic heterocycles. The van der Waals surface area contributed by atoms with E-state index in [0.717, 1.165) is 25.1 Å². The zero-order valence-corrected chi connectivity index (χ0v) is 10.0. The minimum absolute atomic E-state index is 0.214. The van der Waals surface area contributed by atoms with E-state index in [-0.39, 0.29) is 12.5 Å². The van der Waals surface area contributed by atoms with E-state index in [1.54, 1.807) is 12.1 Å². The Labute approximate surface area is 102 Å². The molecule has 0 atom stereocenters. The zero-order valence-electron chi connectivity index (χ0n) is 10.0. The first-order valence-electron chi connectivity index (χ1n) is 5.70. The monoisotopic (exact) mass is 231 g/mol. The normalized spacial score (nSPS) is 9.65. The number of rotatable bonds is 6. The highest BCUT2D eigenvalue weighted by Crippen LogP contribution is 2.15. The molecule has 0 saturated carbocycles. The minimum Gasteiger partial charge on any atom is -0.368 e. The van der Waals surface area contributed by atoms with Gasteiger partial charge in [-0.15, -0.1) is 0 Å². The minimum atomic E-state index is -0.342. The van der Waals surface area contributed by atoms with Gasteiger partial charge >= 0.3 is 0 Å². The van der Waals surface area contributed by atoms with Gasteiger partial charge in [0, 0.05) is 12.2 Å². The van der Waals surface area contributed by atoms with Crippen molar-refractivity contribution >= 4 is 11.6 Å². The summed E-state index contributed by atoms with van der Waals surface area (Å²) in [6, 6.07) is 9.25. The fourth-order valence-electron chi connectivity index (χ4n) is 1.58. The number of carbonyl (C=O) groups is 1. The summed E-state index contributed by atoms with van der Waals surface area (Å²) < 4.78 is 0. The van der Waals surface area contributed by atoms with Crippen LogP contribution in [0.25, 0.3) is 0 Å². The zero-order chi connectivity index (χ0) is 12.7. The van der Waals surface area contributed by atoms with Crippen molar-refractivity contribution in [1.29, 1.82) is 5.26 Å². The molecule has 0 heterocycles. The van der Waals surface area contributed by atoms with Crippen LogP contribution in [-0.2, 0) is 4.79 Å². The third kappa shape index (κ3) is 4.15. The first kappa shape index (κ1) is 13.0. The first-order chi connectivity index (χ1) is 8.17. The first-order valence-corrected chi connectivity index (χ1v) is 5.70. The molecule has 1 rings (SSSR count). The Morgan fingerprint density at radius 3 is 2.53 bits per heavy atom. The molecular weight excluding hydrogens is 214 g/mol. The van der Waals surface area contributed by atoms with Crippen LogP contribution in [0.2, 0.25) is 0 Å². The quantitative estimate of drug-likeness (QED) is 0.809. The molecule has 0 fully saturated rings. The second-order valence-electron chi connectivity index (χ2n) is 3.90. The Morgan fingerprint density at radius 1 is 1.41 bits per heavy atom. The van der Waals surface area contributed by atoms with E-state index >= 15 is 0 Å². The molecule has 0 unspecified atom stereocenters. The smallest absolute Gasteiger partial charge is 0.236 e. The number of primary amides is 1. The molecule has 1 aromatic carbocycles. The van der Waals surface area contributed by atoms with Crippen LogP contribution >= 0.6 is 0 Å². The molecule has 1 amide bonds. The van der Waals surface area contributed by atoms with Crippen LogP contribution in [0, 0.1) is 11.3 Å². The van der Waals surface area contributed by atoms with Gasteiger partial charge in [-0.25, -0.2) is 0 Å². The number of hydrogen-bond donors (Lipinski definition) is 1. The lowest BCUT2D eigenvalue weighted by Crippen LogP contribution is -2.34. The van der Waals surface area contributed by atoms with Crippen molar-refractivity contribution < 1.29 is 4.79 Å². The van der Waals surface area contributed by atoms with Crippen LogP contribution in [0.3, 0.4) is 0 Å². The number of nitriles is 1. The van der Waals surface area contributed by atoms with Crippen molar-refractivity contribution in [2.75, 3.05) is 18.0 Å². The molecule has 1 aromatic rings. The SMILES string of the molecule is CCCCN(CC(N)=O)c1ccc(C#N)cc1. The number of anilines is 1. The molecule has 0 saturated heterocycles. The van der Waals surface area contributed by atoms with Gasteiger partial charge in [-0.2, -0.15) is 5.26 Å². The topological polar surface area (TPSA) is 70.1 Å². The van der Waals surface area contributed by atoms with Crippen LogP contribution < -0.4 is 10.6 Å². The van der Waals surface area contributed by atoms with Crippen LogP contribution in [0.1, 0.15) is 25.3 Å². The van der Waals surface area contributed by atoms with E-state index in [2.05, 4.69) is 13.0 Å². The van der Waals surface area contributed by atoms with E-state index in [1.165, 1.54) is 0 Å². The Bertz CT molecular complexity index is 406. The van der Waals surface area contributed by atoms with Gasteiger partial charge in [0.2, 0.25) is 5.91 Å². The molecule has 4 nitrogen and oxygen atoms in total. The molecule has 0 spiro atoms. The third-order valence-electron chi connectivity index (χ3n) is 2.49. The van der Waals surface area contributed by atoms with Crippen molar-refractivity contribution in [2.45, 2.75) is 19.8 Å². The summed E-state index contributed by atoms with van der Waals surface area (Å²) in [6.45, 7) is 3.11. The highest BCUT2D eigenvalue weighted by molar-refractivity contribution is 5.79. The average Bonchev–Trinajstić information content (AvgIpc) is 2.34. The lowest BCUT2D eigenvalue weighted by molar-refractivity contribution is -0.116. The van der Waals surface area contributed by atoms with Gasteiger partial charge in [0.05, 0.1) is 18.2 Å². The second-order valence-corrected chi connectivity index (χ2v) is 3.90. The van der Waals surface area contributed by atoms with Crippen molar-refractivity contribution in [3.8, 4) is 6.07 Å². The highest BCUT2D eigenvalue weighted by atomic mass is 16.1. The number of hydrogen-bond acceptors (Lipinski definition) is 3. The van der Waals surface area contributed by atoms with Gasteiger partial charge in [-0.3, -0.25) is 4.79 Å². The Balaban J connectivity index is 2.80. The fourth-order valence-corrected chi connectivity index (χ4v) is 1.58. The molecule has 17 heavy (non-hydrogen) atoms. The molecule has 0 aliphatic rings. The van der Waals surface area contributed by atoms with Gasteiger partial charge in [-0.1, -0.05) is 13.3 Å². The molecular formula is C13H17N3O. The average molecular weight is 231 g/mol. The van der Waals surface area contributed by atoms with Crippen LogP contribution in [0.5, 0.6) is 0 Å². The molecule has 2 N–H and O–H groups in total. The maximum absolute atomic E-state index is 11.0. The van der Waals surface area contributed by atoms with Crippen molar-refractivity contribution in [2.24, 2.45) is 5.73 Å². The molecule has 0 aliphatic carbocycles. The molecule has 4 heteroatoms. The second kappa shape index (κ2) is 6.54. The number of nitrogens with zero attached hydrogens (tertiary/aromatic N) is 2. The lowest BCUT2D eigenvalue weighted by Gasteiger charge is -2.23. The fraction of sp³-hybridized carbons (Fsp3) is 0.385. The number of unbranched alkanes of at least 4 members (excludes halogenated alkanes) is 1. The molecule has 0 aliphatic heterocycles. The van der Waals surface area contributed by atoms with Crippen molar-refractivity contribution in [1.82, 2.24) is 0 Å². The Kier molecular flexibility index (Phi) is 5.02. The summed E-state index contributed by atoms with van der Waals surface area (Å²) in [5, 5.41) is 8.72. The van der Waals surface area contributed by atoms with Crippen LogP contribution in [-0.4, -0.2) is 19.0 Å². The van der Waals surface area contributed by atoms with E-state index in [4.69, 9.17) is 11.0 Å². The molecule has 0 bridgehead atoms. The predicted octanol–water partition coefficient (Wildman–Crippen LogP) is 1.65. The van der Waals surface area contributed by atoms with E-state index in [1.807, 2.05) is 17.0 Å². The summed E-state index contributed by atoms with van der Waals surface area (Å²) in [5.41, 5.74) is 6.77. The largest absolute Gasteiger partial charge is 0.368 e. The Hall–Kier alpha value is -2.02. The summed E-state index contributed by atoms with van der Waals surface area (Å²) in [6.07, 6.45) is 2.07. The maximum atomic E-state index is 11.0. The predicted molar refractivity (Wildman–Crippen MR) is 67.5 cm³/mol. The van der Waals surface area contributed by atoms with E-state index in [0.29, 0.717) is 5.56 Å². The lowest BCUT2D eigenvalue weighted by atomic mass is 10.2. The number of amides is 1. The van der Waals surface area contributed by atoms with Gasteiger partial charge < -0.3 is 10.6 Å².